The molecule has 4 nitrogen and oxygen atoms in total. The standard InChI is InChI=1S/C12H15N3O/c1-3-9-6-4-5-7-10(9)11-8-14-15(16-2)12(11)13/h4-8H,3,13H2,1-2H3. The van der Waals surface area contributed by atoms with Crippen LogP contribution in [0.3, 0.4) is 0 Å². The number of benzene rings is 1. The molecule has 0 atom stereocenters. The molecular weight excluding hydrogens is 202 g/mol. The van der Waals surface area contributed by atoms with E-state index in [1.807, 2.05) is 18.2 Å². The van der Waals surface area contributed by atoms with Gasteiger partial charge in [-0.15, -0.1) is 5.10 Å². The summed E-state index contributed by atoms with van der Waals surface area (Å²) in [7, 11) is 1.54. The van der Waals surface area contributed by atoms with E-state index in [9.17, 15) is 0 Å². The zero-order valence-electron chi connectivity index (χ0n) is 9.47. The Balaban J connectivity index is 2.54. The van der Waals surface area contributed by atoms with Gasteiger partial charge in [0.1, 0.15) is 7.11 Å². The van der Waals surface area contributed by atoms with Crippen LogP contribution < -0.4 is 10.6 Å². The lowest BCUT2D eigenvalue weighted by atomic mass is 10.0. The summed E-state index contributed by atoms with van der Waals surface area (Å²) in [5.74, 6) is 0.531. The fourth-order valence-electron chi connectivity index (χ4n) is 1.79. The summed E-state index contributed by atoms with van der Waals surface area (Å²) < 4.78 is 0. The van der Waals surface area contributed by atoms with Crippen LogP contribution in [0.4, 0.5) is 5.82 Å². The molecule has 0 saturated heterocycles. The van der Waals surface area contributed by atoms with Crippen molar-refractivity contribution in [2.75, 3.05) is 12.8 Å². The first-order valence-corrected chi connectivity index (χ1v) is 5.24. The Morgan fingerprint density at radius 3 is 2.69 bits per heavy atom. The molecule has 1 heterocycles. The number of nitrogen functional groups attached to an aromatic ring is 1. The van der Waals surface area contributed by atoms with E-state index in [1.165, 1.54) is 10.4 Å². The van der Waals surface area contributed by atoms with Crippen molar-refractivity contribution in [3.63, 3.8) is 0 Å². The monoisotopic (exact) mass is 217 g/mol. The maximum atomic E-state index is 5.94. The van der Waals surface area contributed by atoms with Gasteiger partial charge in [0.2, 0.25) is 0 Å². The van der Waals surface area contributed by atoms with E-state index in [1.54, 1.807) is 13.3 Å². The molecule has 84 valence electrons. The van der Waals surface area contributed by atoms with Crippen LogP contribution in [0.25, 0.3) is 11.1 Å². The molecule has 0 aliphatic heterocycles. The van der Waals surface area contributed by atoms with E-state index in [-0.39, 0.29) is 0 Å². The number of nitrogens with two attached hydrogens (primary N) is 1. The molecule has 0 aliphatic rings. The quantitative estimate of drug-likeness (QED) is 0.852. The average Bonchev–Trinajstić information content (AvgIpc) is 2.70. The van der Waals surface area contributed by atoms with Crippen molar-refractivity contribution in [3.8, 4) is 11.1 Å². The van der Waals surface area contributed by atoms with Gasteiger partial charge in [-0.25, -0.2) is 0 Å². The van der Waals surface area contributed by atoms with Crippen molar-refractivity contribution in [3.05, 3.63) is 36.0 Å². The van der Waals surface area contributed by atoms with Gasteiger partial charge in [0.15, 0.2) is 5.82 Å². The first-order chi connectivity index (χ1) is 7.77. The average molecular weight is 217 g/mol. The molecule has 2 aromatic rings. The summed E-state index contributed by atoms with van der Waals surface area (Å²) in [5, 5.41) is 4.06. The molecule has 0 saturated carbocycles. The molecular formula is C12H15N3O. The lowest BCUT2D eigenvalue weighted by Gasteiger charge is -2.06. The van der Waals surface area contributed by atoms with Crippen molar-refractivity contribution in [1.82, 2.24) is 9.94 Å². The number of aromatic nitrogens is 2. The molecule has 1 aromatic heterocycles. The van der Waals surface area contributed by atoms with Gasteiger partial charge < -0.3 is 10.6 Å². The predicted octanol–water partition coefficient (Wildman–Crippen LogP) is 1.75. The third-order valence-corrected chi connectivity index (χ3v) is 2.64. The Morgan fingerprint density at radius 2 is 2.06 bits per heavy atom. The van der Waals surface area contributed by atoms with Gasteiger partial charge in [-0.2, -0.15) is 0 Å². The molecule has 16 heavy (non-hydrogen) atoms. The van der Waals surface area contributed by atoms with Gasteiger partial charge in [-0.1, -0.05) is 36.0 Å². The molecule has 2 rings (SSSR count). The maximum absolute atomic E-state index is 5.94. The largest absolute Gasteiger partial charge is 0.398 e. The van der Waals surface area contributed by atoms with Crippen LogP contribution in [0.15, 0.2) is 30.5 Å². The SMILES string of the molecule is CCc1ccccc1-c1cnn(OC)c1N. The van der Waals surface area contributed by atoms with Gasteiger partial charge in [-0.05, 0) is 17.5 Å². The van der Waals surface area contributed by atoms with E-state index >= 15 is 0 Å². The van der Waals surface area contributed by atoms with E-state index in [0.29, 0.717) is 5.82 Å². The second-order valence-electron chi connectivity index (χ2n) is 3.51. The van der Waals surface area contributed by atoms with Gasteiger partial charge in [0.25, 0.3) is 0 Å². The molecule has 1 aromatic carbocycles. The fourth-order valence-corrected chi connectivity index (χ4v) is 1.79. The zero-order valence-corrected chi connectivity index (χ0v) is 9.47. The highest BCUT2D eigenvalue weighted by molar-refractivity contribution is 5.75. The second kappa shape index (κ2) is 4.26. The minimum absolute atomic E-state index is 0.531. The van der Waals surface area contributed by atoms with E-state index in [4.69, 9.17) is 10.6 Å². The highest BCUT2D eigenvalue weighted by Crippen LogP contribution is 2.28. The molecule has 0 radical (unpaired) electrons. The van der Waals surface area contributed by atoms with Gasteiger partial charge in [-0.3, -0.25) is 0 Å². The van der Waals surface area contributed by atoms with Crippen LogP contribution in [0.2, 0.25) is 0 Å². The lowest BCUT2D eigenvalue weighted by Crippen LogP contribution is -2.10. The Morgan fingerprint density at radius 1 is 1.31 bits per heavy atom. The topological polar surface area (TPSA) is 53.1 Å². The number of anilines is 1. The summed E-state index contributed by atoms with van der Waals surface area (Å²) in [6, 6.07) is 8.17. The van der Waals surface area contributed by atoms with Gasteiger partial charge in [0, 0.05) is 5.56 Å². The number of rotatable bonds is 3. The third kappa shape index (κ3) is 1.62. The van der Waals surface area contributed by atoms with Crippen molar-refractivity contribution in [1.29, 1.82) is 0 Å². The highest BCUT2D eigenvalue weighted by Gasteiger charge is 2.11. The minimum atomic E-state index is 0.531. The first kappa shape index (κ1) is 10.5. The van der Waals surface area contributed by atoms with Gasteiger partial charge >= 0.3 is 0 Å². The second-order valence-corrected chi connectivity index (χ2v) is 3.51. The minimum Gasteiger partial charge on any atom is -0.398 e. The Kier molecular flexibility index (Phi) is 2.81. The molecule has 0 amide bonds. The van der Waals surface area contributed by atoms with Crippen LogP contribution in [0.1, 0.15) is 12.5 Å². The van der Waals surface area contributed by atoms with Crippen molar-refractivity contribution >= 4 is 5.82 Å². The summed E-state index contributed by atoms with van der Waals surface area (Å²) in [6.45, 7) is 2.12. The molecule has 0 unspecified atom stereocenters. The summed E-state index contributed by atoms with van der Waals surface area (Å²) in [4.78, 5) is 6.32. The molecule has 0 spiro atoms. The smallest absolute Gasteiger partial charge is 0.171 e. The summed E-state index contributed by atoms with van der Waals surface area (Å²) in [6.07, 6.45) is 2.70. The third-order valence-electron chi connectivity index (χ3n) is 2.64. The van der Waals surface area contributed by atoms with Gasteiger partial charge in [0.05, 0.1) is 6.20 Å². The lowest BCUT2D eigenvalue weighted by molar-refractivity contribution is 0.139. The molecule has 0 bridgehead atoms. The van der Waals surface area contributed by atoms with E-state index in [2.05, 4.69) is 18.1 Å². The Hall–Kier alpha value is -1.97. The first-order valence-electron chi connectivity index (χ1n) is 5.24. The molecule has 2 N–H and O–H groups in total. The fraction of sp³-hybridized carbons (Fsp3) is 0.250. The van der Waals surface area contributed by atoms with E-state index < -0.39 is 0 Å². The maximum Gasteiger partial charge on any atom is 0.171 e. The van der Waals surface area contributed by atoms with E-state index in [0.717, 1.165) is 17.5 Å². The number of nitrogens with zero attached hydrogens (tertiary/aromatic N) is 2. The van der Waals surface area contributed by atoms with Crippen LogP contribution in [-0.2, 0) is 6.42 Å². The summed E-state index contributed by atoms with van der Waals surface area (Å²) >= 11 is 0. The number of hydrogen-bond donors (Lipinski definition) is 1. The predicted molar refractivity (Wildman–Crippen MR) is 64.0 cm³/mol. The molecule has 4 heteroatoms. The zero-order chi connectivity index (χ0) is 11.5. The number of hydrogen-bond acceptors (Lipinski definition) is 3. The summed E-state index contributed by atoms with van der Waals surface area (Å²) in [5.41, 5.74) is 9.23. The highest BCUT2D eigenvalue weighted by atomic mass is 16.7. The van der Waals surface area contributed by atoms with Crippen molar-refractivity contribution < 1.29 is 4.84 Å². The van der Waals surface area contributed by atoms with Crippen molar-refractivity contribution in [2.24, 2.45) is 0 Å². The van der Waals surface area contributed by atoms with Crippen LogP contribution in [-0.4, -0.2) is 17.1 Å². The Bertz CT molecular complexity index is 491. The van der Waals surface area contributed by atoms with Crippen LogP contribution >= 0.6 is 0 Å². The number of aryl methyl sites for hydroxylation is 1. The normalized spacial score (nSPS) is 10.4. The Labute approximate surface area is 94.6 Å². The van der Waals surface area contributed by atoms with Crippen LogP contribution in [0, 0.1) is 0 Å². The molecule has 0 fully saturated rings. The molecule has 0 aliphatic carbocycles. The van der Waals surface area contributed by atoms with Crippen molar-refractivity contribution in [2.45, 2.75) is 13.3 Å². The van der Waals surface area contributed by atoms with Crippen LogP contribution in [0.5, 0.6) is 0 Å².